The Labute approximate surface area is 124 Å². The summed E-state index contributed by atoms with van der Waals surface area (Å²) in [6, 6.07) is 13.7. The Kier molecular flexibility index (Phi) is 4.15. The van der Waals surface area contributed by atoms with Gasteiger partial charge in [-0.3, -0.25) is 4.98 Å². The van der Waals surface area contributed by atoms with Crippen LogP contribution in [0.2, 0.25) is 0 Å². The van der Waals surface area contributed by atoms with Crippen LogP contribution in [0, 0.1) is 5.92 Å². The minimum absolute atomic E-state index is 0.309. The molecule has 3 rings (SSSR count). The lowest BCUT2D eigenvalue weighted by Crippen LogP contribution is -2.26. The monoisotopic (exact) mass is 282 g/mol. The molecule has 1 aromatic carbocycles. The maximum atomic E-state index is 11.6. The number of pyridine rings is 1. The fourth-order valence-corrected chi connectivity index (χ4v) is 2.47. The number of carbonyl (C=O) groups is 1. The van der Waals surface area contributed by atoms with Gasteiger partial charge >= 0.3 is 6.09 Å². The second-order valence-electron chi connectivity index (χ2n) is 5.33. The van der Waals surface area contributed by atoms with Crippen LogP contribution < -0.4 is 5.32 Å². The van der Waals surface area contributed by atoms with Crippen LogP contribution in [0.3, 0.4) is 0 Å². The quantitative estimate of drug-likeness (QED) is 0.916. The van der Waals surface area contributed by atoms with E-state index in [0.29, 0.717) is 25.0 Å². The van der Waals surface area contributed by atoms with Gasteiger partial charge in [0, 0.05) is 18.9 Å². The summed E-state index contributed by atoms with van der Waals surface area (Å²) in [5.74, 6) is 1.02. The molecule has 2 atom stereocenters. The Morgan fingerprint density at radius 1 is 1.24 bits per heavy atom. The third kappa shape index (κ3) is 3.81. The Morgan fingerprint density at radius 2 is 2.10 bits per heavy atom. The highest BCUT2D eigenvalue weighted by atomic mass is 16.5. The Morgan fingerprint density at radius 3 is 2.86 bits per heavy atom. The molecular formula is C17H18N2O2. The molecule has 1 fully saturated rings. The predicted molar refractivity (Wildman–Crippen MR) is 79.7 cm³/mol. The molecule has 1 amide bonds. The van der Waals surface area contributed by atoms with Crippen molar-refractivity contribution in [1.82, 2.24) is 10.3 Å². The molecule has 0 aliphatic heterocycles. The van der Waals surface area contributed by atoms with Gasteiger partial charge in [0.15, 0.2) is 0 Å². The molecule has 1 aliphatic carbocycles. The summed E-state index contributed by atoms with van der Waals surface area (Å²) in [5, 5.41) is 2.83. The number of benzene rings is 1. The summed E-state index contributed by atoms with van der Waals surface area (Å²) < 4.78 is 5.18. The minimum Gasteiger partial charge on any atom is -0.445 e. The predicted octanol–water partition coefficient (Wildman–Crippen LogP) is 3.11. The smallest absolute Gasteiger partial charge is 0.407 e. The molecule has 0 bridgehead atoms. The summed E-state index contributed by atoms with van der Waals surface area (Å²) >= 11 is 0. The topological polar surface area (TPSA) is 51.2 Å². The van der Waals surface area contributed by atoms with E-state index in [9.17, 15) is 4.79 Å². The van der Waals surface area contributed by atoms with Gasteiger partial charge in [0.05, 0.1) is 0 Å². The average molecular weight is 282 g/mol. The number of ether oxygens (including phenoxy) is 1. The van der Waals surface area contributed by atoms with E-state index < -0.39 is 0 Å². The van der Waals surface area contributed by atoms with Crippen LogP contribution >= 0.6 is 0 Å². The molecule has 1 aliphatic rings. The zero-order valence-corrected chi connectivity index (χ0v) is 11.7. The van der Waals surface area contributed by atoms with Crippen LogP contribution in [0.4, 0.5) is 4.79 Å². The standard InChI is InChI=1S/C17H18N2O2/c20-17(21-12-13-5-2-1-3-6-13)19-11-15-9-16(15)14-7-4-8-18-10-14/h1-8,10,15-16H,9,11-12H2,(H,19,20)/t15-,16-/m1/s1. The van der Waals surface area contributed by atoms with E-state index in [-0.39, 0.29) is 6.09 Å². The molecule has 4 heteroatoms. The third-order valence-corrected chi connectivity index (χ3v) is 3.76. The summed E-state index contributed by atoms with van der Waals surface area (Å²) in [6.07, 6.45) is 4.43. The number of alkyl carbamates (subject to hydrolysis) is 1. The van der Waals surface area contributed by atoms with Crippen molar-refractivity contribution in [3.05, 3.63) is 66.0 Å². The molecule has 1 N–H and O–H groups in total. The minimum atomic E-state index is -0.351. The van der Waals surface area contributed by atoms with Gasteiger partial charge in [0.1, 0.15) is 6.61 Å². The highest BCUT2D eigenvalue weighted by molar-refractivity contribution is 5.67. The summed E-state index contributed by atoms with van der Waals surface area (Å²) in [6.45, 7) is 0.969. The molecule has 0 unspecified atom stereocenters. The second kappa shape index (κ2) is 6.39. The largest absolute Gasteiger partial charge is 0.445 e. The van der Waals surface area contributed by atoms with Gasteiger partial charge in [-0.2, -0.15) is 0 Å². The summed E-state index contributed by atoms with van der Waals surface area (Å²) in [5.41, 5.74) is 2.24. The third-order valence-electron chi connectivity index (χ3n) is 3.76. The maximum Gasteiger partial charge on any atom is 0.407 e. The number of carbonyl (C=O) groups excluding carboxylic acids is 1. The number of amides is 1. The van der Waals surface area contributed by atoms with E-state index in [4.69, 9.17) is 4.74 Å². The molecule has 0 spiro atoms. The highest BCUT2D eigenvalue weighted by Gasteiger charge is 2.38. The molecule has 2 aromatic rings. The van der Waals surface area contributed by atoms with Crippen molar-refractivity contribution in [3.8, 4) is 0 Å². The number of aromatic nitrogens is 1. The van der Waals surface area contributed by atoms with Crippen molar-refractivity contribution in [1.29, 1.82) is 0 Å². The van der Waals surface area contributed by atoms with E-state index in [1.54, 1.807) is 6.20 Å². The van der Waals surface area contributed by atoms with Gasteiger partial charge in [-0.25, -0.2) is 4.79 Å². The first-order chi connectivity index (χ1) is 10.3. The Hall–Kier alpha value is -2.36. The summed E-state index contributed by atoms with van der Waals surface area (Å²) in [4.78, 5) is 15.8. The number of nitrogens with zero attached hydrogens (tertiary/aromatic N) is 1. The van der Waals surface area contributed by atoms with Gasteiger partial charge in [0.25, 0.3) is 0 Å². The van der Waals surface area contributed by atoms with E-state index in [1.165, 1.54) is 5.56 Å². The number of hydrogen-bond acceptors (Lipinski definition) is 3. The lowest BCUT2D eigenvalue weighted by Gasteiger charge is -2.07. The van der Waals surface area contributed by atoms with Crippen molar-refractivity contribution < 1.29 is 9.53 Å². The zero-order valence-electron chi connectivity index (χ0n) is 11.7. The zero-order chi connectivity index (χ0) is 14.5. The number of rotatable bonds is 5. The average Bonchev–Trinajstić information content (AvgIpc) is 3.32. The number of nitrogens with one attached hydrogen (secondary N) is 1. The van der Waals surface area contributed by atoms with Crippen molar-refractivity contribution in [2.75, 3.05) is 6.54 Å². The maximum absolute atomic E-state index is 11.6. The molecule has 1 heterocycles. The van der Waals surface area contributed by atoms with Crippen LogP contribution in [-0.2, 0) is 11.3 Å². The van der Waals surface area contributed by atoms with Gasteiger partial charge in [-0.15, -0.1) is 0 Å². The van der Waals surface area contributed by atoms with Crippen LogP contribution in [0.1, 0.15) is 23.5 Å². The molecular weight excluding hydrogens is 264 g/mol. The van der Waals surface area contributed by atoms with Gasteiger partial charge in [0.2, 0.25) is 0 Å². The van der Waals surface area contributed by atoms with Gasteiger partial charge in [-0.05, 0) is 35.4 Å². The highest BCUT2D eigenvalue weighted by Crippen LogP contribution is 2.46. The van der Waals surface area contributed by atoms with E-state index >= 15 is 0 Å². The van der Waals surface area contributed by atoms with Crippen molar-refractivity contribution in [2.24, 2.45) is 5.92 Å². The van der Waals surface area contributed by atoms with Gasteiger partial charge in [-0.1, -0.05) is 36.4 Å². The van der Waals surface area contributed by atoms with Crippen LogP contribution in [-0.4, -0.2) is 17.6 Å². The van der Waals surface area contributed by atoms with Crippen molar-refractivity contribution in [2.45, 2.75) is 18.9 Å². The normalized spacial score (nSPS) is 19.8. The second-order valence-corrected chi connectivity index (χ2v) is 5.33. The summed E-state index contributed by atoms with van der Waals surface area (Å²) in [7, 11) is 0. The Bertz CT molecular complexity index is 586. The first-order valence-corrected chi connectivity index (χ1v) is 7.17. The molecule has 4 nitrogen and oxygen atoms in total. The molecule has 1 aromatic heterocycles. The van der Waals surface area contributed by atoms with Crippen molar-refractivity contribution in [3.63, 3.8) is 0 Å². The van der Waals surface area contributed by atoms with E-state index in [2.05, 4.69) is 16.4 Å². The first kappa shape index (κ1) is 13.6. The fraction of sp³-hybridized carbons (Fsp3) is 0.294. The SMILES string of the molecule is O=C(NC[C@H]1C[C@@H]1c1cccnc1)OCc1ccccc1. The van der Waals surface area contributed by atoms with Crippen molar-refractivity contribution >= 4 is 6.09 Å². The fourth-order valence-electron chi connectivity index (χ4n) is 2.47. The van der Waals surface area contributed by atoms with E-state index in [0.717, 1.165) is 12.0 Å². The van der Waals surface area contributed by atoms with Gasteiger partial charge < -0.3 is 10.1 Å². The lowest BCUT2D eigenvalue weighted by molar-refractivity contribution is 0.139. The molecule has 0 radical (unpaired) electrons. The first-order valence-electron chi connectivity index (χ1n) is 7.17. The van der Waals surface area contributed by atoms with Crippen LogP contribution in [0.5, 0.6) is 0 Å². The Balaban J connectivity index is 1.38. The van der Waals surface area contributed by atoms with Crippen LogP contribution in [0.25, 0.3) is 0 Å². The van der Waals surface area contributed by atoms with Crippen LogP contribution in [0.15, 0.2) is 54.9 Å². The molecule has 21 heavy (non-hydrogen) atoms. The molecule has 108 valence electrons. The molecule has 1 saturated carbocycles. The lowest BCUT2D eigenvalue weighted by atomic mass is 10.1. The number of hydrogen-bond donors (Lipinski definition) is 1. The molecule has 0 saturated heterocycles. The van der Waals surface area contributed by atoms with E-state index in [1.807, 2.05) is 42.6 Å².